The summed E-state index contributed by atoms with van der Waals surface area (Å²) in [4.78, 5) is 29.6. The van der Waals surface area contributed by atoms with Crippen molar-refractivity contribution in [2.75, 3.05) is 17.1 Å². The van der Waals surface area contributed by atoms with Gasteiger partial charge in [0.05, 0.1) is 11.9 Å². The van der Waals surface area contributed by atoms with Crippen LogP contribution in [0.2, 0.25) is 0 Å². The number of nitrogens with one attached hydrogen (secondary N) is 1. The van der Waals surface area contributed by atoms with Gasteiger partial charge in [0.25, 0.3) is 0 Å². The van der Waals surface area contributed by atoms with E-state index in [9.17, 15) is 18.0 Å². The Hall–Kier alpha value is -3.65. The molecule has 8 heteroatoms. The van der Waals surface area contributed by atoms with Crippen molar-refractivity contribution in [3.05, 3.63) is 102 Å². The summed E-state index contributed by atoms with van der Waals surface area (Å²) in [6, 6.07) is 25.3. The van der Waals surface area contributed by atoms with Crippen molar-refractivity contribution < 1.29 is 18.0 Å². The van der Waals surface area contributed by atoms with Gasteiger partial charge in [-0.15, -0.1) is 0 Å². The summed E-state index contributed by atoms with van der Waals surface area (Å²) in [6.45, 7) is 1.76. The summed E-state index contributed by atoms with van der Waals surface area (Å²) in [5, 5.41) is 3.22. The summed E-state index contributed by atoms with van der Waals surface area (Å²) >= 11 is 0. The van der Waals surface area contributed by atoms with Crippen molar-refractivity contribution >= 4 is 27.5 Å². The third-order valence-corrected chi connectivity index (χ3v) is 8.52. The van der Waals surface area contributed by atoms with Gasteiger partial charge in [-0.25, -0.2) is 8.42 Å². The Labute approximate surface area is 238 Å². The molecule has 212 valence electrons. The number of nitrogens with zero attached hydrogens (tertiary/aromatic N) is 2. The van der Waals surface area contributed by atoms with Crippen LogP contribution in [0, 0.1) is 6.92 Å². The number of anilines is 1. The highest BCUT2D eigenvalue weighted by molar-refractivity contribution is 7.92. The molecule has 1 fully saturated rings. The van der Waals surface area contributed by atoms with Crippen LogP contribution in [0.15, 0.2) is 84.9 Å². The van der Waals surface area contributed by atoms with Crippen molar-refractivity contribution in [1.29, 1.82) is 0 Å². The van der Waals surface area contributed by atoms with Crippen LogP contribution in [0.4, 0.5) is 5.69 Å². The molecule has 3 aromatic rings. The molecule has 0 bridgehead atoms. The molecule has 1 aliphatic carbocycles. The Bertz CT molecular complexity index is 1370. The van der Waals surface area contributed by atoms with E-state index in [2.05, 4.69) is 5.32 Å². The number of rotatable bonds is 11. The molecule has 0 spiro atoms. The van der Waals surface area contributed by atoms with Gasteiger partial charge >= 0.3 is 0 Å². The van der Waals surface area contributed by atoms with Gasteiger partial charge in [0.2, 0.25) is 21.8 Å². The van der Waals surface area contributed by atoms with Crippen molar-refractivity contribution in [2.24, 2.45) is 0 Å². The van der Waals surface area contributed by atoms with Gasteiger partial charge in [0.1, 0.15) is 12.6 Å². The van der Waals surface area contributed by atoms with E-state index in [1.54, 1.807) is 35.2 Å². The van der Waals surface area contributed by atoms with Gasteiger partial charge in [-0.2, -0.15) is 0 Å². The van der Waals surface area contributed by atoms with Gasteiger partial charge < -0.3 is 10.2 Å². The third kappa shape index (κ3) is 8.18. The summed E-state index contributed by atoms with van der Waals surface area (Å²) in [5.74, 6) is -0.641. The standard InChI is InChI=1S/C32H39N3O4S/c1-25-13-12-16-27(21-25)23-34(31(36)24-35(40(2,38)39)29-19-10-5-11-20-29)30(22-26-14-6-3-7-15-26)32(37)33-28-17-8-4-9-18-28/h3,5-7,10-16,19-21,28,30H,4,8-9,17-18,22-24H2,1-2H3,(H,33,37). The van der Waals surface area contributed by atoms with E-state index >= 15 is 0 Å². The quantitative estimate of drug-likeness (QED) is 0.363. The van der Waals surface area contributed by atoms with E-state index < -0.39 is 28.5 Å². The fourth-order valence-corrected chi connectivity index (χ4v) is 6.16. The van der Waals surface area contributed by atoms with E-state index in [1.165, 1.54) is 6.42 Å². The zero-order valence-electron chi connectivity index (χ0n) is 23.3. The average Bonchev–Trinajstić information content (AvgIpc) is 2.94. The molecule has 3 aromatic carbocycles. The second-order valence-corrected chi connectivity index (χ2v) is 12.6. The molecular formula is C32H39N3O4S. The molecule has 0 aromatic heterocycles. The van der Waals surface area contributed by atoms with E-state index in [0.29, 0.717) is 12.1 Å². The number of hydrogen-bond acceptors (Lipinski definition) is 4. The van der Waals surface area contributed by atoms with Crippen LogP contribution < -0.4 is 9.62 Å². The lowest BCUT2D eigenvalue weighted by Gasteiger charge is -2.35. The van der Waals surface area contributed by atoms with Crippen LogP contribution in [-0.2, 0) is 32.6 Å². The van der Waals surface area contributed by atoms with E-state index in [4.69, 9.17) is 0 Å². The molecule has 0 heterocycles. The molecule has 7 nitrogen and oxygen atoms in total. The van der Waals surface area contributed by atoms with Crippen LogP contribution in [0.25, 0.3) is 0 Å². The maximum absolute atomic E-state index is 14.1. The minimum absolute atomic E-state index is 0.0762. The monoisotopic (exact) mass is 561 g/mol. The SMILES string of the molecule is Cc1cccc(CN(C(=O)CN(c2ccccc2)S(C)(=O)=O)C(Cc2ccccc2)C(=O)NC2CCCCC2)c1. The molecular weight excluding hydrogens is 522 g/mol. The molecule has 4 rings (SSSR count). The number of sulfonamides is 1. The van der Waals surface area contributed by atoms with Crippen molar-refractivity contribution in [1.82, 2.24) is 10.2 Å². The normalized spacial score (nSPS) is 14.8. The Morgan fingerprint density at radius 2 is 1.50 bits per heavy atom. The molecule has 40 heavy (non-hydrogen) atoms. The van der Waals surface area contributed by atoms with Gasteiger partial charge in [-0.05, 0) is 43.0 Å². The van der Waals surface area contributed by atoms with Gasteiger partial charge in [0.15, 0.2) is 0 Å². The molecule has 2 amide bonds. The van der Waals surface area contributed by atoms with Crippen LogP contribution in [0.5, 0.6) is 0 Å². The fourth-order valence-electron chi connectivity index (χ4n) is 5.31. The second kappa shape index (κ2) is 13.6. The fraction of sp³-hybridized carbons (Fsp3) is 0.375. The number of hydrogen-bond donors (Lipinski definition) is 1. The molecule has 0 radical (unpaired) electrons. The van der Waals surface area contributed by atoms with Gasteiger partial charge in [-0.3, -0.25) is 13.9 Å². The number of benzene rings is 3. The highest BCUT2D eigenvalue weighted by atomic mass is 32.2. The molecule has 0 saturated heterocycles. The lowest BCUT2D eigenvalue weighted by molar-refractivity contribution is -0.140. The number of para-hydroxylation sites is 1. The minimum atomic E-state index is -3.77. The zero-order valence-corrected chi connectivity index (χ0v) is 24.1. The first kappa shape index (κ1) is 29.3. The Kier molecular flexibility index (Phi) is 9.98. The molecule has 1 aliphatic rings. The Balaban J connectivity index is 1.71. The molecule has 1 unspecified atom stereocenters. The van der Waals surface area contributed by atoms with Crippen LogP contribution in [-0.4, -0.2) is 50.0 Å². The first-order valence-corrected chi connectivity index (χ1v) is 15.8. The topological polar surface area (TPSA) is 86.8 Å². The largest absolute Gasteiger partial charge is 0.352 e. The summed E-state index contributed by atoms with van der Waals surface area (Å²) < 4.78 is 26.8. The van der Waals surface area contributed by atoms with Crippen molar-refractivity contribution in [2.45, 2.75) is 64.1 Å². The lowest BCUT2D eigenvalue weighted by Crippen LogP contribution is -2.55. The van der Waals surface area contributed by atoms with Crippen LogP contribution >= 0.6 is 0 Å². The van der Waals surface area contributed by atoms with E-state index in [-0.39, 0.29) is 18.5 Å². The number of carbonyl (C=O) groups is 2. The zero-order chi connectivity index (χ0) is 28.5. The van der Waals surface area contributed by atoms with E-state index in [1.807, 2.05) is 61.5 Å². The molecule has 0 aliphatic heterocycles. The number of carbonyl (C=O) groups excluding carboxylic acids is 2. The summed E-state index contributed by atoms with van der Waals surface area (Å²) in [5.41, 5.74) is 3.25. The Morgan fingerprint density at radius 1 is 0.875 bits per heavy atom. The van der Waals surface area contributed by atoms with Gasteiger partial charge in [-0.1, -0.05) is 97.6 Å². The molecule has 1 saturated carbocycles. The van der Waals surface area contributed by atoms with Crippen molar-refractivity contribution in [3.63, 3.8) is 0 Å². The maximum Gasteiger partial charge on any atom is 0.244 e. The smallest absolute Gasteiger partial charge is 0.244 e. The third-order valence-electron chi connectivity index (χ3n) is 7.38. The number of amides is 2. The Morgan fingerprint density at radius 3 is 2.12 bits per heavy atom. The molecule has 1 atom stereocenters. The maximum atomic E-state index is 14.1. The summed E-state index contributed by atoms with van der Waals surface area (Å²) in [7, 11) is -3.77. The summed E-state index contributed by atoms with van der Waals surface area (Å²) in [6.07, 6.45) is 6.56. The predicted octanol–water partition coefficient (Wildman–Crippen LogP) is 4.85. The predicted molar refractivity (Wildman–Crippen MR) is 159 cm³/mol. The number of aryl methyl sites for hydroxylation is 1. The van der Waals surface area contributed by atoms with Crippen molar-refractivity contribution in [3.8, 4) is 0 Å². The van der Waals surface area contributed by atoms with E-state index in [0.717, 1.165) is 52.9 Å². The first-order valence-electron chi connectivity index (χ1n) is 13.9. The highest BCUT2D eigenvalue weighted by Crippen LogP contribution is 2.22. The average molecular weight is 562 g/mol. The molecule has 1 N–H and O–H groups in total. The highest BCUT2D eigenvalue weighted by Gasteiger charge is 2.34. The lowest BCUT2D eigenvalue weighted by atomic mass is 9.94. The van der Waals surface area contributed by atoms with Gasteiger partial charge in [0, 0.05) is 19.0 Å². The van der Waals surface area contributed by atoms with Crippen LogP contribution in [0.1, 0.15) is 48.8 Å². The minimum Gasteiger partial charge on any atom is -0.352 e. The first-order chi connectivity index (χ1) is 19.2. The van der Waals surface area contributed by atoms with Crippen LogP contribution in [0.3, 0.4) is 0 Å². The second-order valence-electron chi connectivity index (χ2n) is 10.7.